The van der Waals surface area contributed by atoms with Crippen LogP contribution in [0.2, 0.25) is 0 Å². The van der Waals surface area contributed by atoms with Gasteiger partial charge in [0.2, 0.25) is 5.91 Å². The third-order valence-corrected chi connectivity index (χ3v) is 7.92. The summed E-state index contributed by atoms with van der Waals surface area (Å²) >= 11 is 0. The Balaban J connectivity index is 1.48. The minimum atomic E-state index is -0.542. The molecule has 0 saturated carbocycles. The summed E-state index contributed by atoms with van der Waals surface area (Å²) in [4.78, 5) is 39.1. The smallest absolute Gasteiger partial charge is 0.255 e. The Morgan fingerprint density at radius 3 is 2.12 bits per heavy atom. The average Bonchev–Trinajstić information content (AvgIpc) is 2.96. The molecule has 0 fully saturated rings. The van der Waals surface area contributed by atoms with Crippen LogP contribution in [0.3, 0.4) is 0 Å². The molecule has 5 rings (SSSR count). The van der Waals surface area contributed by atoms with E-state index < -0.39 is 16.9 Å². The van der Waals surface area contributed by atoms with Gasteiger partial charge in [-0.25, -0.2) is 0 Å². The second kappa shape index (κ2) is 11.2. The predicted octanol–water partition coefficient (Wildman–Crippen LogP) is 6.31. The number of anilines is 2. The number of hydrogen-bond donors (Lipinski definition) is 2. The highest BCUT2D eigenvalue weighted by atomic mass is 16.5. The van der Waals surface area contributed by atoms with Crippen molar-refractivity contribution in [3.05, 3.63) is 114 Å². The van der Waals surface area contributed by atoms with Gasteiger partial charge in [-0.15, -0.1) is 0 Å². The Morgan fingerprint density at radius 1 is 0.857 bits per heavy atom. The van der Waals surface area contributed by atoms with Crippen molar-refractivity contribution in [3.63, 3.8) is 0 Å². The maximum absolute atomic E-state index is 13.3. The summed E-state index contributed by atoms with van der Waals surface area (Å²) in [5, 5.41) is 3.05. The number of nitrogens with two attached hydrogens (primary N) is 1. The van der Waals surface area contributed by atoms with E-state index in [9.17, 15) is 14.4 Å². The van der Waals surface area contributed by atoms with Crippen LogP contribution in [0.1, 0.15) is 55.6 Å². The Hall–Kier alpha value is -4.91. The first-order valence-corrected chi connectivity index (χ1v) is 13.9. The van der Waals surface area contributed by atoms with Gasteiger partial charge in [0, 0.05) is 34.8 Å². The highest BCUT2D eigenvalue weighted by molar-refractivity contribution is 6.05. The van der Waals surface area contributed by atoms with Gasteiger partial charge >= 0.3 is 0 Å². The van der Waals surface area contributed by atoms with Crippen molar-refractivity contribution < 1.29 is 19.1 Å². The van der Waals surface area contributed by atoms with Crippen molar-refractivity contribution in [1.29, 1.82) is 0 Å². The Bertz CT molecular complexity index is 1630. The quantitative estimate of drug-likeness (QED) is 0.276. The third-order valence-electron chi connectivity index (χ3n) is 7.92. The molecule has 1 aliphatic heterocycles. The van der Waals surface area contributed by atoms with Crippen LogP contribution in [0.15, 0.2) is 97.1 Å². The molecule has 7 heteroatoms. The number of primary amides is 1. The Labute approximate surface area is 246 Å². The molecule has 1 atom stereocenters. The lowest BCUT2D eigenvalue weighted by Crippen LogP contribution is -2.55. The summed E-state index contributed by atoms with van der Waals surface area (Å²) in [6, 6.07) is 30.8. The second-order valence-electron chi connectivity index (χ2n) is 11.6. The number of rotatable bonds is 7. The highest BCUT2D eigenvalue weighted by Gasteiger charge is 2.47. The maximum Gasteiger partial charge on any atom is 0.255 e. The molecule has 3 N–H and O–H groups in total. The molecule has 3 amide bonds. The van der Waals surface area contributed by atoms with Gasteiger partial charge in [-0.3, -0.25) is 14.4 Å². The Morgan fingerprint density at radius 2 is 1.50 bits per heavy atom. The van der Waals surface area contributed by atoms with Crippen LogP contribution >= 0.6 is 0 Å². The van der Waals surface area contributed by atoms with E-state index in [1.54, 1.807) is 6.92 Å². The van der Waals surface area contributed by atoms with Crippen molar-refractivity contribution in [2.45, 2.75) is 45.1 Å². The molecule has 7 nitrogen and oxygen atoms in total. The van der Waals surface area contributed by atoms with E-state index in [4.69, 9.17) is 10.5 Å². The van der Waals surface area contributed by atoms with Crippen LogP contribution in [-0.2, 0) is 15.0 Å². The molecular formula is C35H35N3O4. The average molecular weight is 562 g/mol. The molecule has 0 radical (unpaired) electrons. The van der Waals surface area contributed by atoms with Crippen LogP contribution in [-0.4, -0.2) is 29.9 Å². The van der Waals surface area contributed by atoms with Crippen LogP contribution in [0, 0.1) is 0 Å². The first kappa shape index (κ1) is 28.6. The molecule has 0 spiro atoms. The van der Waals surface area contributed by atoms with Crippen LogP contribution in [0.5, 0.6) is 5.75 Å². The summed E-state index contributed by atoms with van der Waals surface area (Å²) in [7, 11) is 0. The number of ether oxygens (including phenoxy) is 1. The van der Waals surface area contributed by atoms with Crippen LogP contribution < -0.4 is 20.7 Å². The number of benzene rings is 4. The summed E-state index contributed by atoms with van der Waals surface area (Å²) < 4.78 is 5.46. The molecule has 1 heterocycles. The van der Waals surface area contributed by atoms with Gasteiger partial charge in [0.1, 0.15) is 5.75 Å². The van der Waals surface area contributed by atoms with E-state index in [0.717, 1.165) is 27.9 Å². The lowest BCUT2D eigenvalue weighted by molar-refractivity contribution is -0.120. The lowest BCUT2D eigenvalue weighted by Gasteiger charge is -2.51. The molecule has 4 aromatic rings. The molecule has 0 bridgehead atoms. The van der Waals surface area contributed by atoms with E-state index in [1.807, 2.05) is 102 Å². The number of amides is 3. The molecule has 42 heavy (non-hydrogen) atoms. The molecule has 214 valence electrons. The van der Waals surface area contributed by atoms with Gasteiger partial charge in [0.25, 0.3) is 11.8 Å². The largest absolute Gasteiger partial charge is 0.484 e. The zero-order valence-corrected chi connectivity index (χ0v) is 24.3. The fourth-order valence-corrected chi connectivity index (χ4v) is 6.19. The molecule has 1 unspecified atom stereocenters. The lowest BCUT2D eigenvalue weighted by atomic mass is 9.65. The van der Waals surface area contributed by atoms with Crippen LogP contribution in [0.25, 0.3) is 11.1 Å². The van der Waals surface area contributed by atoms with Gasteiger partial charge in [-0.05, 0) is 85.0 Å². The monoisotopic (exact) mass is 561 g/mol. The minimum Gasteiger partial charge on any atom is -0.484 e. The third kappa shape index (κ3) is 5.63. The molecule has 0 aromatic heterocycles. The van der Waals surface area contributed by atoms with Gasteiger partial charge in [-0.1, -0.05) is 61.5 Å². The van der Waals surface area contributed by atoms with Crippen molar-refractivity contribution in [3.8, 4) is 16.9 Å². The molecule has 0 saturated heterocycles. The number of fused-ring (bicyclic) bond motifs is 1. The molecular weight excluding hydrogens is 526 g/mol. The van der Waals surface area contributed by atoms with Gasteiger partial charge < -0.3 is 20.7 Å². The molecule has 4 aromatic carbocycles. The van der Waals surface area contributed by atoms with E-state index >= 15 is 0 Å². The first-order valence-electron chi connectivity index (χ1n) is 13.9. The molecule has 1 aliphatic rings. The zero-order chi connectivity index (χ0) is 30.1. The standard InChI is InChI=1S/C35H35N3O4/c1-23(39)38-31-19-16-28(37-33(41)26-12-10-25(11-13-26)24-8-6-5-7-9-24)20-30(31)35(4,22-34(38,2)3)27-14-17-29(18-15-27)42-21-32(36)40/h5-20H,21-22H2,1-4H3,(H2,36,40)(H,37,41). The summed E-state index contributed by atoms with van der Waals surface area (Å²) in [5.74, 6) is -0.262. The summed E-state index contributed by atoms with van der Waals surface area (Å²) in [6.45, 7) is 7.66. The second-order valence-corrected chi connectivity index (χ2v) is 11.6. The number of nitrogens with one attached hydrogen (secondary N) is 1. The number of hydrogen-bond acceptors (Lipinski definition) is 4. The van der Waals surface area contributed by atoms with Gasteiger partial charge in [-0.2, -0.15) is 0 Å². The SMILES string of the molecule is CC(=O)N1c2ccc(NC(=O)c3ccc(-c4ccccc4)cc3)cc2C(C)(c2ccc(OCC(N)=O)cc2)CC1(C)C. The van der Waals surface area contributed by atoms with E-state index in [1.165, 1.54) is 0 Å². The minimum absolute atomic E-state index is 0.0474. The first-order chi connectivity index (χ1) is 20.0. The summed E-state index contributed by atoms with van der Waals surface area (Å²) in [5.41, 5.74) is 10.3. The zero-order valence-electron chi connectivity index (χ0n) is 24.3. The number of nitrogens with zero attached hydrogens (tertiary/aromatic N) is 1. The number of carbonyl (C=O) groups excluding carboxylic acids is 3. The van der Waals surface area contributed by atoms with Crippen molar-refractivity contribution in [2.24, 2.45) is 5.73 Å². The van der Waals surface area contributed by atoms with Crippen LogP contribution in [0.4, 0.5) is 11.4 Å². The fraction of sp³-hybridized carbons (Fsp3) is 0.229. The topological polar surface area (TPSA) is 102 Å². The van der Waals surface area contributed by atoms with E-state index in [-0.39, 0.29) is 18.4 Å². The normalized spacial score (nSPS) is 17.2. The van der Waals surface area contributed by atoms with Crippen molar-refractivity contribution >= 4 is 29.1 Å². The van der Waals surface area contributed by atoms with E-state index in [2.05, 4.69) is 26.1 Å². The van der Waals surface area contributed by atoms with Gasteiger partial charge in [0.05, 0.1) is 0 Å². The van der Waals surface area contributed by atoms with E-state index in [0.29, 0.717) is 23.4 Å². The Kier molecular flexibility index (Phi) is 7.61. The molecule has 0 aliphatic carbocycles. The van der Waals surface area contributed by atoms with Crippen molar-refractivity contribution in [1.82, 2.24) is 0 Å². The maximum atomic E-state index is 13.3. The highest BCUT2D eigenvalue weighted by Crippen LogP contribution is 2.51. The summed E-state index contributed by atoms with van der Waals surface area (Å²) in [6.07, 6.45) is 0.645. The van der Waals surface area contributed by atoms with Gasteiger partial charge in [0.15, 0.2) is 6.61 Å². The predicted molar refractivity (Wildman–Crippen MR) is 166 cm³/mol. The fourth-order valence-electron chi connectivity index (χ4n) is 6.19. The number of carbonyl (C=O) groups is 3. The van der Waals surface area contributed by atoms with Crippen molar-refractivity contribution in [2.75, 3.05) is 16.8 Å².